The second-order valence-electron chi connectivity index (χ2n) is 10.9. The topological polar surface area (TPSA) is 46.5 Å². The maximum atomic E-state index is 13.2. The number of ether oxygens (including phenoxy) is 1. The number of esters is 1. The number of allylic oxidation sites excluding steroid dienone is 1. The molecule has 1 N–H and O–H groups in total. The molecule has 3 rings (SSSR count). The van der Waals surface area contributed by atoms with Gasteiger partial charge in [-0.25, -0.2) is 0 Å². The number of rotatable bonds is 4. The quantitative estimate of drug-likeness (QED) is 0.557. The van der Waals surface area contributed by atoms with Gasteiger partial charge in [-0.3, -0.25) is 4.79 Å². The Morgan fingerprint density at radius 1 is 1.27 bits per heavy atom. The van der Waals surface area contributed by atoms with Crippen LogP contribution in [0.2, 0.25) is 0 Å². The molecule has 6 atom stereocenters. The van der Waals surface area contributed by atoms with Crippen molar-refractivity contribution < 1.29 is 14.6 Å². The molecule has 2 fully saturated rings. The van der Waals surface area contributed by atoms with Crippen LogP contribution in [-0.2, 0) is 9.53 Å². The molecule has 0 aliphatic heterocycles. The third kappa shape index (κ3) is 3.15. The van der Waals surface area contributed by atoms with Gasteiger partial charge in [0, 0.05) is 5.92 Å². The Morgan fingerprint density at radius 2 is 1.92 bits per heavy atom. The first-order valence-corrected chi connectivity index (χ1v) is 10.6. The fourth-order valence-electron chi connectivity index (χ4n) is 6.35. The first kappa shape index (κ1) is 19.9. The molecule has 2 saturated carbocycles. The van der Waals surface area contributed by atoms with Crippen molar-refractivity contribution in [2.75, 3.05) is 0 Å². The normalized spacial score (nSPS) is 42.4. The fraction of sp³-hybridized carbons (Fsp3) is 0.870. The molecular formula is C23H38O3. The smallest absolute Gasteiger partial charge is 0.312 e. The molecule has 0 aromatic heterocycles. The Bertz CT molecular complexity index is 605. The maximum absolute atomic E-state index is 13.2. The minimum absolute atomic E-state index is 0.0597. The van der Waals surface area contributed by atoms with E-state index in [1.165, 1.54) is 5.57 Å². The molecule has 0 aromatic carbocycles. The Morgan fingerprint density at radius 3 is 2.54 bits per heavy atom. The molecule has 26 heavy (non-hydrogen) atoms. The summed E-state index contributed by atoms with van der Waals surface area (Å²) in [5.74, 6) is 1.51. The highest BCUT2D eigenvalue weighted by atomic mass is 16.6. The summed E-state index contributed by atoms with van der Waals surface area (Å²) in [5.41, 5.74) is -0.442. The number of carbonyl (C=O) groups is 1. The highest BCUT2D eigenvalue weighted by Gasteiger charge is 2.62. The van der Waals surface area contributed by atoms with E-state index < -0.39 is 16.6 Å². The number of carbonyl (C=O) groups excluding carboxylic acids is 1. The molecule has 3 heteroatoms. The molecule has 0 amide bonds. The summed E-state index contributed by atoms with van der Waals surface area (Å²) in [5, 5.41) is 11.5. The van der Waals surface area contributed by atoms with E-state index in [9.17, 15) is 9.90 Å². The lowest BCUT2D eigenvalue weighted by atomic mass is 9.49. The third-order valence-electron chi connectivity index (χ3n) is 7.17. The van der Waals surface area contributed by atoms with Gasteiger partial charge in [0.2, 0.25) is 0 Å². The number of hydrogen-bond acceptors (Lipinski definition) is 3. The van der Waals surface area contributed by atoms with Gasteiger partial charge in [0.15, 0.2) is 0 Å². The van der Waals surface area contributed by atoms with Gasteiger partial charge in [-0.2, -0.15) is 0 Å². The van der Waals surface area contributed by atoms with Crippen molar-refractivity contribution >= 4 is 5.97 Å². The average Bonchev–Trinajstić information content (AvgIpc) is 2.45. The van der Waals surface area contributed by atoms with E-state index in [1.54, 1.807) is 0 Å². The molecule has 0 heterocycles. The van der Waals surface area contributed by atoms with Crippen LogP contribution in [0.4, 0.5) is 0 Å². The second-order valence-corrected chi connectivity index (χ2v) is 10.9. The van der Waals surface area contributed by atoms with E-state index in [2.05, 4.69) is 40.7 Å². The monoisotopic (exact) mass is 362 g/mol. The predicted molar refractivity (Wildman–Crippen MR) is 105 cm³/mol. The Hall–Kier alpha value is -0.830. The van der Waals surface area contributed by atoms with Crippen LogP contribution in [-0.4, -0.2) is 22.3 Å². The van der Waals surface area contributed by atoms with Crippen molar-refractivity contribution in [3.8, 4) is 0 Å². The van der Waals surface area contributed by atoms with Crippen molar-refractivity contribution in [1.82, 2.24) is 0 Å². The van der Waals surface area contributed by atoms with Crippen LogP contribution in [0.15, 0.2) is 11.6 Å². The van der Waals surface area contributed by atoms with Crippen LogP contribution in [0.25, 0.3) is 0 Å². The average molecular weight is 363 g/mol. The molecule has 3 aliphatic rings. The first-order chi connectivity index (χ1) is 11.9. The van der Waals surface area contributed by atoms with Crippen molar-refractivity contribution in [3.05, 3.63) is 11.6 Å². The third-order valence-corrected chi connectivity index (χ3v) is 7.17. The van der Waals surface area contributed by atoms with E-state index in [4.69, 9.17) is 4.74 Å². The lowest BCUT2D eigenvalue weighted by Gasteiger charge is -2.61. The zero-order valence-electron chi connectivity index (χ0n) is 17.8. The summed E-state index contributed by atoms with van der Waals surface area (Å²) in [6, 6.07) is 0. The van der Waals surface area contributed by atoms with Crippen LogP contribution in [0.3, 0.4) is 0 Å². The van der Waals surface area contributed by atoms with Crippen LogP contribution < -0.4 is 0 Å². The summed E-state index contributed by atoms with van der Waals surface area (Å²) >= 11 is 0. The molecule has 0 radical (unpaired) electrons. The van der Waals surface area contributed by atoms with Gasteiger partial charge in [0.25, 0.3) is 0 Å². The van der Waals surface area contributed by atoms with Gasteiger partial charge >= 0.3 is 5.97 Å². The maximum Gasteiger partial charge on any atom is 0.312 e. The van der Waals surface area contributed by atoms with Crippen molar-refractivity contribution in [3.63, 3.8) is 0 Å². The molecule has 6 unspecified atom stereocenters. The molecule has 3 aliphatic carbocycles. The van der Waals surface area contributed by atoms with Crippen molar-refractivity contribution in [2.24, 2.45) is 35.0 Å². The number of hydrogen-bond donors (Lipinski definition) is 1. The van der Waals surface area contributed by atoms with Crippen LogP contribution in [0, 0.1) is 35.0 Å². The summed E-state index contributed by atoms with van der Waals surface area (Å²) in [4.78, 5) is 13.2. The minimum Gasteiger partial charge on any atom is -0.458 e. The standard InChI is InChI=1S/C23H38O3/c1-14(2)10-21(6,7)20(24)26-22-11-15(3)9-19-18(22)8-16(4)12-23(19,25)17(5)13-22/h9,14-18,25H,8,10-13H2,1-7H3. The highest BCUT2D eigenvalue weighted by Crippen LogP contribution is 2.61. The Balaban J connectivity index is 1.95. The zero-order chi connectivity index (χ0) is 19.5. The fourth-order valence-corrected chi connectivity index (χ4v) is 6.35. The Labute approximate surface area is 159 Å². The van der Waals surface area contributed by atoms with Gasteiger partial charge in [-0.05, 0) is 75.2 Å². The van der Waals surface area contributed by atoms with Gasteiger partial charge in [-0.15, -0.1) is 0 Å². The summed E-state index contributed by atoms with van der Waals surface area (Å²) in [6.45, 7) is 14.9. The van der Waals surface area contributed by atoms with Crippen molar-refractivity contribution in [2.45, 2.75) is 91.8 Å². The van der Waals surface area contributed by atoms with Gasteiger partial charge in [0.1, 0.15) is 5.60 Å². The van der Waals surface area contributed by atoms with Crippen LogP contribution in [0.5, 0.6) is 0 Å². The Kier molecular flexibility index (Phi) is 4.87. The van der Waals surface area contributed by atoms with E-state index in [1.807, 2.05) is 13.8 Å². The van der Waals surface area contributed by atoms with E-state index >= 15 is 0 Å². The second kappa shape index (κ2) is 6.36. The summed E-state index contributed by atoms with van der Waals surface area (Å²) in [7, 11) is 0. The zero-order valence-corrected chi connectivity index (χ0v) is 17.8. The molecule has 0 aromatic rings. The first-order valence-electron chi connectivity index (χ1n) is 10.6. The summed E-state index contributed by atoms with van der Waals surface area (Å²) < 4.78 is 6.44. The van der Waals surface area contributed by atoms with Gasteiger partial charge < -0.3 is 9.84 Å². The van der Waals surface area contributed by atoms with Crippen molar-refractivity contribution in [1.29, 1.82) is 0 Å². The van der Waals surface area contributed by atoms with Gasteiger partial charge in [-0.1, -0.05) is 40.7 Å². The largest absolute Gasteiger partial charge is 0.458 e. The summed E-state index contributed by atoms with van der Waals surface area (Å²) in [6.07, 6.45) is 6.65. The van der Waals surface area contributed by atoms with E-state index in [0.29, 0.717) is 17.8 Å². The molecule has 3 nitrogen and oxygen atoms in total. The van der Waals surface area contributed by atoms with Crippen LogP contribution >= 0.6 is 0 Å². The van der Waals surface area contributed by atoms with E-state index in [0.717, 1.165) is 32.1 Å². The van der Waals surface area contributed by atoms with Crippen LogP contribution in [0.1, 0.15) is 80.6 Å². The minimum atomic E-state index is -0.708. The SMILES string of the molecule is CC(C)CC(C)(C)C(=O)OC12CC(C)C=C3C1CC(C)CC3(O)C(C)C2. The lowest BCUT2D eigenvalue weighted by molar-refractivity contribution is -0.203. The molecule has 0 spiro atoms. The predicted octanol–water partition coefficient (Wildman–Crippen LogP) is 5.12. The van der Waals surface area contributed by atoms with E-state index in [-0.39, 0.29) is 17.8 Å². The lowest BCUT2D eigenvalue weighted by Crippen LogP contribution is -2.63. The molecule has 4 bridgehead atoms. The molecular weight excluding hydrogens is 324 g/mol. The molecule has 0 saturated heterocycles. The highest BCUT2D eigenvalue weighted by molar-refractivity contribution is 5.76. The molecule has 148 valence electrons. The number of aliphatic hydroxyl groups is 1. The van der Waals surface area contributed by atoms with Gasteiger partial charge in [0.05, 0.1) is 11.0 Å².